The first-order valence-corrected chi connectivity index (χ1v) is 6.54. The van der Waals surface area contributed by atoms with Crippen LogP contribution in [-0.2, 0) is 15.7 Å². The molecule has 1 aromatic carbocycles. The lowest BCUT2D eigenvalue weighted by Crippen LogP contribution is -2.33. The standard InChI is InChI=1S/C15H18F3NO3/c1-10(6-14(21)19-8-13(20)9-22-2)11-4-3-5-12(7-11)15(16,17)18/h3-7,13,20H,8-9H2,1-2H3,(H,19,21)/b10-6-. The van der Waals surface area contributed by atoms with Crippen LogP contribution in [0.2, 0.25) is 0 Å². The highest BCUT2D eigenvalue weighted by Gasteiger charge is 2.30. The van der Waals surface area contributed by atoms with Gasteiger partial charge in [-0.25, -0.2) is 0 Å². The van der Waals surface area contributed by atoms with Crippen molar-refractivity contribution < 1.29 is 27.8 Å². The molecule has 0 heterocycles. The van der Waals surface area contributed by atoms with Gasteiger partial charge in [-0.05, 0) is 30.2 Å². The van der Waals surface area contributed by atoms with E-state index < -0.39 is 23.8 Å². The zero-order chi connectivity index (χ0) is 16.8. The third-order valence-electron chi connectivity index (χ3n) is 2.86. The molecule has 0 aliphatic carbocycles. The molecule has 1 rings (SSSR count). The molecular weight excluding hydrogens is 299 g/mol. The maximum Gasteiger partial charge on any atom is 0.416 e. The van der Waals surface area contributed by atoms with Crippen LogP contribution in [0.25, 0.3) is 5.57 Å². The van der Waals surface area contributed by atoms with E-state index in [1.54, 1.807) is 6.92 Å². The number of rotatable bonds is 6. The molecule has 122 valence electrons. The quantitative estimate of drug-likeness (QED) is 0.791. The van der Waals surface area contributed by atoms with Gasteiger partial charge in [0.05, 0.1) is 18.3 Å². The number of allylic oxidation sites excluding steroid dienone is 1. The second-order valence-electron chi connectivity index (χ2n) is 4.76. The molecule has 0 fully saturated rings. The zero-order valence-electron chi connectivity index (χ0n) is 12.3. The summed E-state index contributed by atoms with van der Waals surface area (Å²) in [5, 5.41) is 11.8. The Bertz CT molecular complexity index is 541. The molecule has 4 nitrogen and oxygen atoms in total. The molecule has 0 saturated heterocycles. The van der Waals surface area contributed by atoms with Gasteiger partial charge in [0, 0.05) is 19.7 Å². The highest BCUT2D eigenvalue weighted by atomic mass is 19.4. The molecule has 1 atom stereocenters. The van der Waals surface area contributed by atoms with Crippen LogP contribution in [0.1, 0.15) is 18.1 Å². The van der Waals surface area contributed by atoms with Crippen LogP contribution in [0.4, 0.5) is 13.2 Å². The molecule has 0 radical (unpaired) electrons. The summed E-state index contributed by atoms with van der Waals surface area (Å²) in [6.07, 6.45) is -4.08. The van der Waals surface area contributed by atoms with Crippen molar-refractivity contribution in [2.24, 2.45) is 0 Å². The fourth-order valence-electron chi connectivity index (χ4n) is 1.74. The first-order valence-electron chi connectivity index (χ1n) is 6.54. The summed E-state index contributed by atoms with van der Waals surface area (Å²) in [5.41, 5.74) is -0.0686. The van der Waals surface area contributed by atoms with Crippen molar-refractivity contribution in [1.82, 2.24) is 5.32 Å². The number of aliphatic hydroxyl groups is 1. The van der Waals surface area contributed by atoms with Gasteiger partial charge in [0.1, 0.15) is 0 Å². The number of benzene rings is 1. The summed E-state index contributed by atoms with van der Waals surface area (Å²) in [7, 11) is 1.42. The van der Waals surface area contributed by atoms with Gasteiger partial charge in [0.2, 0.25) is 5.91 Å². The number of ether oxygens (including phenoxy) is 1. The molecule has 1 aromatic rings. The van der Waals surface area contributed by atoms with Crippen molar-refractivity contribution >= 4 is 11.5 Å². The Morgan fingerprint density at radius 2 is 2.14 bits per heavy atom. The number of alkyl halides is 3. The summed E-state index contributed by atoms with van der Waals surface area (Å²) < 4.78 is 42.6. The van der Waals surface area contributed by atoms with Crippen LogP contribution >= 0.6 is 0 Å². The smallest absolute Gasteiger partial charge is 0.389 e. The molecule has 7 heteroatoms. The number of amides is 1. The van der Waals surface area contributed by atoms with Crippen molar-refractivity contribution in [2.75, 3.05) is 20.3 Å². The van der Waals surface area contributed by atoms with E-state index in [0.717, 1.165) is 12.1 Å². The van der Waals surface area contributed by atoms with Gasteiger partial charge in [-0.1, -0.05) is 12.1 Å². The summed E-state index contributed by atoms with van der Waals surface area (Å²) in [5.74, 6) is -0.495. The summed E-state index contributed by atoms with van der Waals surface area (Å²) in [6.45, 7) is 1.62. The SMILES string of the molecule is COCC(O)CNC(=O)/C=C(/C)c1cccc(C(F)(F)F)c1. The van der Waals surface area contributed by atoms with Crippen molar-refractivity contribution in [3.63, 3.8) is 0 Å². The van der Waals surface area contributed by atoms with E-state index in [4.69, 9.17) is 4.74 Å². The molecule has 0 saturated carbocycles. The largest absolute Gasteiger partial charge is 0.416 e. The Morgan fingerprint density at radius 3 is 2.73 bits per heavy atom. The Labute approximate surface area is 126 Å². The van der Waals surface area contributed by atoms with Gasteiger partial charge in [0.25, 0.3) is 0 Å². The molecule has 0 bridgehead atoms. The number of carbonyl (C=O) groups is 1. The zero-order valence-corrected chi connectivity index (χ0v) is 12.3. The molecule has 0 spiro atoms. The first-order chi connectivity index (χ1) is 10.2. The van der Waals surface area contributed by atoms with Crippen molar-refractivity contribution in [2.45, 2.75) is 19.2 Å². The molecule has 0 aliphatic heterocycles. The van der Waals surface area contributed by atoms with E-state index in [-0.39, 0.29) is 13.2 Å². The number of hydrogen-bond acceptors (Lipinski definition) is 3. The average Bonchev–Trinajstić information content (AvgIpc) is 2.44. The van der Waals surface area contributed by atoms with Crippen LogP contribution in [0.5, 0.6) is 0 Å². The monoisotopic (exact) mass is 317 g/mol. The van der Waals surface area contributed by atoms with Gasteiger partial charge in [-0.2, -0.15) is 13.2 Å². The molecule has 22 heavy (non-hydrogen) atoms. The number of nitrogens with one attached hydrogen (secondary N) is 1. The van der Waals surface area contributed by atoms with Gasteiger partial charge >= 0.3 is 6.18 Å². The lowest BCUT2D eigenvalue weighted by molar-refractivity contribution is -0.137. The molecule has 2 N–H and O–H groups in total. The number of aliphatic hydroxyl groups excluding tert-OH is 1. The van der Waals surface area contributed by atoms with E-state index in [9.17, 15) is 23.1 Å². The minimum absolute atomic E-state index is 0.000948. The highest BCUT2D eigenvalue weighted by molar-refractivity contribution is 5.94. The summed E-state index contributed by atoms with van der Waals surface area (Å²) in [6, 6.07) is 4.74. The normalized spacial score (nSPS) is 13.8. The number of halogens is 3. The van der Waals surface area contributed by atoms with Gasteiger partial charge in [-0.15, -0.1) is 0 Å². The fourth-order valence-corrected chi connectivity index (χ4v) is 1.74. The van der Waals surface area contributed by atoms with E-state index >= 15 is 0 Å². The molecule has 1 unspecified atom stereocenters. The lowest BCUT2D eigenvalue weighted by Gasteiger charge is -2.11. The molecule has 0 aliphatic rings. The van der Waals surface area contributed by atoms with Crippen LogP contribution in [0, 0.1) is 0 Å². The maximum atomic E-state index is 12.6. The van der Waals surface area contributed by atoms with E-state index in [1.165, 1.54) is 25.3 Å². The minimum Gasteiger partial charge on any atom is -0.389 e. The van der Waals surface area contributed by atoms with Crippen LogP contribution in [-0.4, -0.2) is 37.4 Å². The van der Waals surface area contributed by atoms with Crippen molar-refractivity contribution in [3.05, 3.63) is 41.5 Å². The number of carbonyl (C=O) groups excluding carboxylic acids is 1. The Morgan fingerprint density at radius 1 is 1.45 bits per heavy atom. The number of methoxy groups -OCH3 is 1. The third kappa shape index (κ3) is 5.87. The van der Waals surface area contributed by atoms with Crippen molar-refractivity contribution in [3.8, 4) is 0 Å². The van der Waals surface area contributed by atoms with Crippen LogP contribution in [0.3, 0.4) is 0 Å². The average molecular weight is 317 g/mol. The summed E-state index contributed by atoms with van der Waals surface area (Å²) >= 11 is 0. The third-order valence-corrected chi connectivity index (χ3v) is 2.86. The number of hydrogen-bond donors (Lipinski definition) is 2. The minimum atomic E-state index is -4.43. The van der Waals surface area contributed by atoms with E-state index in [2.05, 4.69) is 5.32 Å². The Kier molecular flexibility index (Phi) is 6.58. The van der Waals surface area contributed by atoms with E-state index in [0.29, 0.717) is 11.1 Å². The first kappa shape index (κ1) is 18.2. The Balaban J connectivity index is 2.74. The van der Waals surface area contributed by atoms with Gasteiger partial charge in [-0.3, -0.25) is 4.79 Å². The maximum absolute atomic E-state index is 12.6. The molecular formula is C15H18F3NO3. The van der Waals surface area contributed by atoms with Gasteiger partial charge < -0.3 is 15.2 Å². The van der Waals surface area contributed by atoms with E-state index in [1.807, 2.05) is 0 Å². The predicted molar refractivity (Wildman–Crippen MR) is 76.0 cm³/mol. The topological polar surface area (TPSA) is 58.6 Å². The summed E-state index contributed by atoms with van der Waals surface area (Å²) in [4.78, 5) is 11.7. The molecule has 1 amide bonds. The second kappa shape index (κ2) is 7.95. The fraction of sp³-hybridized carbons (Fsp3) is 0.400. The van der Waals surface area contributed by atoms with Crippen LogP contribution in [0.15, 0.2) is 30.3 Å². The highest BCUT2D eigenvalue weighted by Crippen LogP contribution is 2.30. The Hall–Kier alpha value is -1.86. The van der Waals surface area contributed by atoms with Gasteiger partial charge in [0.15, 0.2) is 0 Å². The second-order valence-corrected chi connectivity index (χ2v) is 4.76. The molecule has 0 aromatic heterocycles. The van der Waals surface area contributed by atoms with Crippen LogP contribution < -0.4 is 5.32 Å². The predicted octanol–water partition coefficient (Wildman–Crippen LogP) is 2.23. The lowest BCUT2D eigenvalue weighted by atomic mass is 10.0. The van der Waals surface area contributed by atoms with Crippen molar-refractivity contribution in [1.29, 1.82) is 0 Å².